The van der Waals surface area contributed by atoms with Crippen LogP contribution in [-0.2, 0) is 21.3 Å². The predicted octanol–water partition coefficient (Wildman–Crippen LogP) is -0.0155. The summed E-state index contributed by atoms with van der Waals surface area (Å²) in [6.07, 6.45) is 1.59. The highest BCUT2D eigenvalue weighted by molar-refractivity contribution is 5.88. The Morgan fingerprint density at radius 2 is 2.00 bits per heavy atom. The van der Waals surface area contributed by atoms with Gasteiger partial charge in [0.25, 0.3) is 0 Å². The molecule has 0 aliphatic carbocycles. The van der Waals surface area contributed by atoms with Crippen molar-refractivity contribution in [3.05, 3.63) is 23.5 Å². The van der Waals surface area contributed by atoms with Crippen LogP contribution in [0.3, 0.4) is 0 Å². The van der Waals surface area contributed by atoms with Gasteiger partial charge in [0.2, 0.25) is 0 Å². The smallest absolute Gasteiger partial charge is 0.354 e. The maximum Gasteiger partial charge on any atom is 0.354 e. The molecule has 0 saturated carbocycles. The highest BCUT2D eigenvalue weighted by atomic mass is 16.5. The van der Waals surface area contributed by atoms with Crippen LogP contribution in [0.25, 0.3) is 0 Å². The fraction of sp³-hybridized carbons (Fsp3) is 0.400. The Morgan fingerprint density at radius 3 is 2.50 bits per heavy atom. The van der Waals surface area contributed by atoms with E-state index in [1.165, 1.54) is 20.3 Å². The standard InChI is InChI=1S/C10H14N2O4/c1-12-5-6(8(11)10(14)16-3)4-7(12)9(13)15-2/h4-5,8H,11H2,1-3H3. The minimum absolute atomic E-state index is 0.330. The molecule has 0 bridgehead atoms. The van der Waals surface area contributed by atoms with Crippen LogP contribution in [0.4, 0.5) is 0 Å². The van der Waals surface area contributed by atoms with E-state index in [1.54, 1.807) is 17.8 Å². The van der Waals surface area contributed by atoms with Gasteiger partial charge in [-0.25, -0.2) is 4.79 Å². The number of esters is 2. The van der Waals surface area contributed by atoms with E-state index >= 15 is 0 Å². The van der Waals surface area contributed by atoms with Crippen molar-refractivity contribution in [2.24, 2.45) is 12.8 Å². The molecular weight excluding hydrogens is 212 g/mol. The average Bonchev–Trinajstić information content (AvgIpc) is 2.68. The van der Waals surface area contributed by atoms with Crippen LogP contribution in [-0.4, -0.2) is 30.7 Å². The first-order valence-corrected chi connectivity index (χ1v) is 4.59. The maximum absolute atomic E-state index is 11.3. The van der Waals surface area contributed by atoms with Crippen molar-refractivity contribution in [2.45, 2.75) is 6.04 Å². The predicted molar refractivity (Wildman–Crippen MR) is 55.7 cm³/mol. The molecule has 88 valence electrons. The van der Waals surface area contributed by atoms with Gasteiger partial charge in [0.05, 0.1) is 14.2 Å². The summed E-state index contributed by atoms with van der Waals surface area (Å²) in [7, 11) is 4.21. The van der Waals surface area contributed by atoms with E-state index in [1.807, 2.05) is 0 Å². The highest BCUT2D eigenvalue weighted by Gasteiger charge is 2.21. The molecule has 0 aromatic carbocycles. The molecule has 1 rings (SSSR count). The molecule has 6 heteroatoms. The van der Waals surface area contributed by atoms with E-state index in [0.29, 0.717) is 11.3 Å². The third-order valence-electron chi connectivity index (χ3n) is 2.23. The quantitative estimate of drug-likeness (QED) is 0.732. The minimum Gasteiger partial charge on any atom is -0.468 e. The molecule has 0 aliphatic heterocycles. The molecule has 6 nitrogen and oxygen atoms in total. The van der Waals surface area contributed by atoms with Gasteiger partial charge < -0.3 is 19.8 Å². The van der Waals surface area contributed by atoms with Gasteiger partial charge >= 0.3 is 11.9 Å². The number of rotatable bonds is 3. The third-order valence-corrected chi connectivity index (χ3v) is 2.23. The summed E-state index contributed by atoms with van der Waals surface area (Å²) < 4.78 is 10.6. The number of nitrogens with two attached hydrogens (primary N) is 1. The molecule has 1 atom stereocenters. The van der Waals surface area contributed by atoms with Crippen molar-refractivity contribution < 1.29 is 19.1 Å². The lowest BCUT2D eigenvalue weighted by molar-refractivity contribution is -0.142. The lowest BCUT2D eigenvalue weighted by atomic mass is 10.1. The lowest BCUT2D eigenvalue weighted by Gasteiger charge is -2.05. The topological polar surface area (TPSA) is 83.6 Å². The summed E-state index contributed by atoms with van der Waals surface area (Å²) in [4.78, 5) is 22.5. The Hall–Kier alpha value is -1.82. The summed E-state index contributed by atoms with van der Waals surface area (Å²) >= 11 is 0. The lowest BCUT2D eigenvalue weighted by Crippen LogP contribution is -2.22. The molecule has 1 aromatic heterocycles. The first kappa shape index (κ1) is 12.3. The first-order valence-electron chi connectivity index (χ1n) is 4.59. The number of hydrogen-bond donors (Lipinski definition) is 1. The third kappa shape index (κ3) is 2.22. The fourth-order valence-electron chi connectivity index (χ4n) is 1.33. The summed E-state index contributed by atoms with van der Waals surface area (Å²) in [5.41, 5.74) is 6.47. The number of methoxy groups -OCH3 is 2. The second-order valence-corrected chi connectivity index (χ2v) is 3.26. The zero-order chi connectivity index (χ0) is 12.3. The van der Waals surface area contributed by atoms with E-state index in [4.69, 9.17) is 5.73 Å². The van der Waals surface area contributed by atoms with Crippen molar-refractivity contribution in [3.63, 3.8) is 0 Å². The normalized spacial score (nSPS) is 12.0. The van der Waals surface area contributed by atoms with Gasteiger partial charge in [-0.1, -0.05) is 0 Å². The molecule has 1 unspecified atom stereocenters. The molecule has 1 heterocycles. The first-order chi connectivity index (χ1) is 7.51. The molecule has 16 heavy (non-hydrogen) atoms. The van der Waals surface area contributed by atoms with Gasteiger partial charge in [0.15, 0.2) is 0 Å². The number of hydrogen-bond acceptors (Lipinski definition) is 5. The number of aromatic nitrogens is 1. The maximum atomic E-state index is 11.3. The van der Waals surface area contributed by atoms with Crippen LogP contribution < -0.4 is 5.73 Å². The molecule has 0 fully saturated rings. The molecule has 0 radical (unpaired) electrons. The van der Waals surface area contributed by atoms with E-state index in [-0.39, 0.29) is 0 Å². The minimum atomic E-state index is -0.894. The monoisotopic (exact) mass is 226 g/mol. The Kier molecular flexibility index (Phi) is 3.68. The van der Waals surface area contributed by atoms with Gasteiger partial charge in [0.1, 0.15) is 11.7 Å². The van der Waals surface area contributed by atoms with Crippen molar-refractivity contribution in [3.8, 4) is 0 Å². The largest absolute Gasteiger partial charge is 0.468 e. The summed E-state index contributed by atoms with van der Waals surface area (Å²) in [5, 5.41) is 0. The Labute approximate surface area is 92.9 Å². The fourth-order valence-corrected chi connectivity index (χ4v) is 1.33. The number of carbonyl (C=O) groups excluding carboxylic acids is 2. The Bertz CT molecular complexity index is 411. The zero-order valence-corrected chi connectivity index (χ0v) is 9.39. The Morgan fingerprint density at radius 1 is 1.38 bits per heavy atom. The average molecular weight is 226 g/mol. The van der Waals surface area contributed by atoms with Crippen LogP contribution in [0.5, 0.6) is 0 Å². The van der Waals surface area contributed by atoms with Crippen molar-refractivity contribution in [2.75, 3.05) is 14.2 Å². The second-order valence-electron chi connectivity index (χ2n) is 3.26. The molecule has 0 amide bonds. The SMILES string of the molecule is COC(=O)c1cc(C(N)C(=O)OC)cn1C. The number of carbonyl (C=O) groups is 2. The van der Waals surface area contributed by atoms with Crippen molar-refractivity contribution >= 4 is 11.9 Å². The molecule has 0 saturated heterocycles. The summed E-state index contributed by atoms with van der Waals surface area (Å²) in [6, 6.07) is 0.613. The number of nitrogens with zero attached hydrogens (tertiary/aromatic N) is 1. The molecule has 1 aromatic rings. The summed E-state index contributed by atoms with van der Waals surface area (Å²) in [6.45, 7) is 0. The van der Waals surface area contributed by atoms with E-state index in [9.17, 15) is 9.59 Å². The van der Waals surface area contributed by atoms with E-state index < -0.39 is 18.0 Å². The Balaban J connectivity index is 3.01. The van der Waals surface area contributed by atoms with E-state index in [0.717, 1.165) is 0 Å². The van der Waals surface area contributed by atoms with Gasteiger partial charge in [-0.15, -0.1) is 0 Å². The van der Waals surface area contributed by atoms with Gasteiger partial charge in [0, 0.05) is 13.2 Å². The summed E-state index contributed by atoms with van der Waals surface area (Å²) in [5.74, 6) is -1.03. The van der Waals surface area contributed by atoms with Crippen molar-refractivity contribution in [1.29, 1.82) is 0 Å². The van der Waals surface area contributed by atoms with Crippen LogP contribution in [0.2, 0.25) is 0 Å². The molecule has 2 N–H and O–H groups in total. The van der Waals surface area contributed by atoms with Crippen LogP contribution >= 0.6 is 0 Å². The van der Waals surface area contributed by atoms with Crippen LogP contribution in [0, 0.1) is 0 Å². The zero-order valence-electron chi connectivity index (χ0n) is 9.39. The highest BCUT2D eigenvalue weighted by Crippen LogP contribution is 2.16. The van der Waals surface area contributed by atoms with Gasteiger partial charge in [-0.2, -0.15) is 0 Å². The second kappa shape index (κ2) is 4.80. The molecule has 0 spiro atoms. The number of ether oxygens (including phenoxy) is 2. The molecule has 0 aliphatic rings. The van der Waals surface area contributed by atoms with Gasteiger partial charge in [-0.3, -0.25) is 4.79 Å². The van der Waals surface area contributed by atoms with Crippen LogP contribution in [0.15, 0.2) is 12.3 Å². The van der Waals surface area contributed by atoms with Crippen LogP contribution in [0.1, 0.15) is 22.1 Å². The molecular formula is C10H14N2O4. The van der Waals surface area contributed by atoms with Crippen molar-refractivity contribution in [1.82, 2.24) is 4.57 Å². The van der Waals surface area contributed by atoms with E-state index in [2.05, 4.69) is 9.47 Å². The number of aryl methyl sites for hydroxylation is 1. The van der Waals surface area contributed by atoms with Gasteiger partial charge in [-0.05, 0) is 11.6 Å².